The topological polar surface area (TPSA) is 175 Å². The van der Waals surface area contributed by atoms with Gasteiger partial charge in [-0.15, -0.1) is 0 Å². The molecule has 0 unspecified atom stereocenters. The number of anilines is 1. The fourth-order valence-corrected chi connectivity index (χ4v) is 7.81. The van der Waals surface area contributed by atoms with Gasteiger partial charge >= 0.3 is 0 Å². The van der Waals surface area contributed by atoms with Crippen LogP contribution in [-0.2, 0) is 38.7 Å². The van der Waals surface area contributed by atoms with E-state index in [4.69, 9.17) is 46.9 Å². The van der Waals surface area contributed by atoms with Crippen LogP contribution in [0.3, 0.4) is 0 Å². The molecule has 1 aliphatic rings. The Labute approximate surface area is 377 Å². The van der Waals surface area contributed by atoms with Crippen molar-refractivity contribution in [3.05, 3.63) is 93.0 Å². The van der Waals surface area contributed by atoms with E-state index in [0.29, 0.717) is 46.1 Å². The molecule has 5 N–H and O–H groups in total. The second-order valence-electron chi connectivity index (χ2n) is 16.3. The zero-order valence-electron chi connectivity index (χ0n) is 36.6. The number of hydrogen-bond acceptors (Lipinski definition) is 10. The Morgan fingerprint density at radius 3 is 2.10 bits per heavy atom. The monoisotopic (exact) mass is 921 g/mol. The van der Waals surface area contributed by atoms with E-state index in [1.54, 1.807) is 36.4 Å². The normalized spacial score (nSPS) is 18.5. The molecule has 1 heterocycles. The first-order chi connectivity index (χ1) is 30.0. The van der Waals surface area contributed by atoms with E-state index < -0.39 is 46.9 Å². The number of ether oxygens (including phenoxy) is 5. The first-order valence-corrected chi connectivity index (χ1v) is 21.5. The number of methoxy groups -OCH3 is 1. The van der Waals surface area contributed by atoms with Gasteiger partial charge in [0, 0.05) is 48.0 Å². The molecule has 346 valence electrons. The molecule has 0 aliphatic carbocycles. The third kappa shape index (κ3) is 14.8. The number of carbonyl (C=O) groups excluding carboxylic acids is 4. The largest absolute Gasteiger partial charge is 0.495 e. The van der Waals surface area contributed by atoms with E-state index in [2.05, 4.69) is 26.6 Å². The minimum Gasteiger partial charge on any atom is -0.495 e. The van der Waals surface area contributed by atoms with Gasteiger partial charge in [0.1, 0.15) is 17.4 Å². The molecule has 4 atom stereocenters. The lowest BCUT2D eigenvalue weighted by Gasteiger charge is -2.40. The Bertz CT molecular complexity index is 2020. The standard InChI is InChI=1S/C45H59Cl2F2N5O9/c1-44(2,3)26-36-45(4,31-12-11-29(46)25-33(31)48)39(30-8-7-9-32(47)40(30)49)41(54-36)43(58)53-34-13-10-28(24-35(34)59-6)42(57)51-15-17-61-19-21-63-23-22-62-20-18-60-16-14-37(55)52-27-38(56)50-5/h7-13,24-25,36,39,41,54H,14-23,26-27H2,1-6H3,(H,50,56)(H,51,57)(H,52,55)(H,53,58)/t36-,39-,41+,45-/m0/s1. The number of nitrogens with one attached hydrogen (secondary N) is 5. The van der Waals surface area contributed by atoms with Crippen LogP contribution in [0.5, 0.6) is 5.75 Å². The fraction of sp³-hybridized carbons (Fsp3) is 0.511. The molecule has 0 radical (unpaired) electrons. The number of halogens is 4. The van der Waals surface area contributed by atoms with Gasteiger partial charge in [-0.1, -0.05) is 69.1 Å². The second kappa shape index (κ2) is 24.6. The van der Waals surface area contributed by atoms with Crippen molar-refractivity contribution in [2.24, 2.45) is 5.41 Å². The van der Waals surface area contributed by atoms with Crippen molar-refractivity contribution in [2.45, 2.75) is 64.0 Å². The molecule has 0 spiro atoms. The lowest BCUT2D eigenvalue weighted by atomic mass is 9.63. The highest BCUT2D eigenvalue weighted by Crippen LogP contribution is 2.53. The van der Waals surface area contributed by atoms with Crippen LogP contribution in [0.15, 0.2) is 54.6 Å². The van der Waals surface area contributed by atoms with Crippen molar-refractivity contribution in [1.29, 1.82) is 0 Å². The molecule has 1 saturated heterocycles. The van der Waals surface area contributed by atoms with Gasteiger partial charge in [0.05, 0.1) is 83.3 Å². The van der Waals surface area contributed by atoms with Crippen molar-refractivity contribution < 1.29 is 51.6 Å². The molecule has 4 rings (SSSR count). The van der Waals surface area contributed by atoms with Gasteiger partial charge in [-0.05, 0) is 59.4 Å². The van der Waals surface area contributed by atoms with Crippen LogP contribution >= 0.6 is 23.2 Å². The molecule has 14 nitrogen and oxygen atoms in total. The zero-order chi connectivity index (χ0) is 46.2. The number of likely N-dealkylation sites (N-methyl/N-ethyl adjacent to an activating group) is 1. The zero-order valence-corrected chi connectivity index (χ0v) is 38.1. The van der Waals surface area contributed by atoms with Crippen LogP contribution in [0.2, 0.25) is 10.0 Å². The summed E-state index contributed by atoms with van der Waals surface area (Å²) in [6, 6.07) is 12.0. The highest BCUT2D eigenvalue weighted by Gasteiger charge is 2.57. The summed E-state index contributed by atoms with van der Waals surface area (Å²) in [7, 11) is 2.90. The van der Waals surface area contributed by atoms with Crippen LogP contribution in [0.25, 0.3) is 0 Å². The van der Waals surface area contributed by atoms with Crippen molar-refractivity contribution >= 4 is 52.5 Å². The Balaban J connectivity index is 1.28. The molecule has 0 aromatic heterocycles. The van der Waals surface area contributed by atoms with Gasteiger partial charge in [0.15, 0.2) is 0 Å². The summed E-state index contributed by atoms with van der Waals surface area (Å²) in [5, 5.41) is 14.1. The van der Waals surface area contributed by atoms with Crippen LogP contribution in [0, 0.1) is 17.0 Å². The Morgan fingerprint density at radius 2 is 1.48 bits per heavy atom. The SMILES string of the molecule is CNC(=O)CNC(=O)CCOCCOCCOCCOCCNC(=O)c1ccc(NC(=O)[C@@H]2N[C@@H](CC(C)(C)C)[C@](C)(c3ccc(Cl)cc3F)[C@H]2c2cccc(Cl)c2F)c(OC)c1. The van der Waals surface area contributed by atoms with Gasteiger partial charge in [-0.25, -0.2) is 8.78 Å². The molecule has 18 heteroatoms. The molecular weight excluding hydrogens is 863 g/mol. The second-order valence-corrected chi connectivity index (χ2v) is 17.1. The summed E-state index contributed by atoms with van der Waals surface area (Å²) in [4.78, 5) is 50.2. The highest BCUT2D eigenvalue weighted by molar-refractivity contribution is 6.31. The minimum atomic E-state index is -1.16. The highest BCUT2D eigenvalue weighted by atomic mass is 35.5. The summed E-state index contributed by atoms with van der Waals surface area (Å²) in [6.07, 6.45) is 0.645. The molecule has 1 aliphatic heterocycles. The molecule has 4 amide bonds. The molecule has 1 fully saturated rings. The van der Waals surface area contributed by atoms with Crippen LogP contribution < -0.4 is 31.3 Å². The Morgan fingerprint density at radius 1 is 0.825 bits per heavy atom. The van der Waals surface area contributed by atoms with Crippen LogP contribution in [0.4, 0.5) is 14.5 Å². The van der Waals surface area contributed by atoms with E-state index in [9.17, 15) is 19.2 Å². The van der Waals surface area contributed by atoms with E-state index in [1.807, 2.05) is 27.7 Å². The van der Waals surface area contributed by atoms with Crippen molar-refractivity contribution in [1.82, 2.24) is 21.3 Å². The maximum atomic E-state index is 16.0. The van der Waals surface area contributed by atoms with Gasteiger partial charge in [0.2, 0.25) is 17.7 Å². The quantitative estimate of drug-likeness (QED) is 0.0693. The predicted octanol–water partition coefficient (Wildman–Crippen LogP) is 5.79. The van der Waals surface area contributed by atoms with Gasteiger partial charge in [-0.2, -0.15) is 0 Å². The predicted molar refractivity (Wildman–Crippen MR) is 237 cm³/mol. The average Bonchev–Trinajstić information content (AvgIpc) is 3.52. The lowest BCUT2D eigenvalue weighted by Crippen LogP contribution is -2.44. The molecule has 3 aromatic carbocycles. The summed E-state index contributed by atoms with van der Waals surface area (Å²) >= 11 is 12.5. The molecule has 0 bridgehead atoms. The van der Waals surface area contributed by atoms with Crippen LogP contribution in [0.1, 0.15) is 67.9 Å². The minimum absolute atomic E-state index is 0.0726. The molecule has 0 saturated carbocycles. The van der Waals surface area contributed by atoms with Crippen molar-refractivity contribution in [3.63, 3.8) is 0 Å². The molecule has 63 heavy (non-hydrogen) atoms. The van der Waals surface area contributed by atoms with Crippen LogP contribution in [-0.4, -0.2) is 116 Å². The number of hydrogen-bond donors (Lipinski definition) is 5. The van der Waals surface area contributed by atoms with E-state index in [-0.39, 0.29) is 88.1 Å². The first kappa shape index (κ1) is 51.2. The maximum Gasteiger partial charge on any atom is 0.251 e. The van der Waals surface area contributed by atoms with Crippen molar-refractivity contribution in [3.8, 4) is 5.75 Å². The summed E-state index contributed by atoms with van der Waals surface area (Å²) < 4.78 is 59.4. The lowest BCUT2D eigenvalue weighted by molar-refractivity contribution is -0.126. The number of carbonyl (C=O) groups is 4. The van der Waals surface area contributed by atoms with Gasteiger partial charge in [-0.3, -0.25) is 19.2 Å². The summed E-state index contributed by atoms with van der Waals surface area (Å²) in [5.41, 5.74) is -0.462. The average molecular weight is 923 g/mol. The number of benzene rings is 3. The third-order valence-corrected chi connectivity index (χ3v) is 11.1. The first-order valence-electron chi connectivity index (χ1n) is 20.7. The number of amides is 4. The van der Waals surface area contributed by atoms with E-state index in [1.165, 1.54) is 32.4 Å². The Kier molecular flexibility index (Phi) is 20.0. The van der Waals surface area contributed by atoms with Crippen molar-refractivity contribution in [2.75, 3.05) is 85.4 Å². The van der Waals surface area contributed by atoms with Gasteiger partial charge < -0.3 is 50.3 Å². The Hall–Kier alpha value is -4.42. The summed E-state index contributed by atoms with van der Waals surface area (Å²) in [5.74, 6) is -3.47. The number of rotatable bonds is 24. The smallest absolute Gasteiger partial charge is 0.251 e. The molecular formula is C45H59Cl2F2N5O9. The van der Waals surface area contributed by atoms with Gasteiger partial charge in [0.25, 0.3) is 5.91 Å². The van der Waals surface area contributed by atoms with E-state index in [0.717, 1.165) is 0 Å². The fourth-order valence-electron chi connectivity index (χ4n) is 7.47. The van der Waals surface area contributed by atoms with E-state index >= 15 is 8.78 Å². The summed E-state index contributed by atoms with van der Waals surface area (Å²) in [6.45, 7) is 10.5. The maximum absolute atomic E-state index is 16.0. The third-order valence-electron chi connectivity index (χ3n) is 10.6. The molecule has 3 aromatic rings.